The number of hydrogen-bond acceptors (Lipinski definition) is 5. The molecule has 0 spiro atoms. The fourth-order valence-electron chi connectivity index (χ4n) is 4.14. The summed E-state index contributed by atoms with van der Waals surface area (Å²) in [4.78, 5) is 28.1. The number of nitrogens with zero attached hydrogens (tertiary/aromatic N) is 2. The Bertz CT molecular complexity index is 1380. The third kappa shape index (κ3) is 7.14. The zero-order chi connectivity index (χ0) is 28.6. The van der Waals surface area contributed by atoms with Crippen LogP contribution in [-0.4, -0.2) is 51.4 Å². The first kappa shape index (κ1) is 29.6. The summed E-state index contributed by atoms with van der Waals surface area (Å²) in [5, 5.41) is 2.75. The van der Waals surface area contributed by atoms with Crippen LogP contribution < -0.4 is 14.4 Å². The third-order valence-corrected chi connectivity index (χ3v) is 8.03. The Balaban J connectivity index is 2.06. The predicted molar refractivity (Wildman–Crippen MR) is 148 cm³/mol. The fourth-order valence-corrected chi connectivity index (χ4v) is 5.57. The maximum absolute atomic E-state index is 15.0. The lowest BCUT2D eigenvalue weighted by molar-refractivity contribution is -0.140. The molecular formula is C29H34FN3O5S. The van der Waals surface area contributed by atoms with Crippen LogP contribution >= 0.6 is 0 Å². The van der Waals surface area contributed by atoms with Gasteiger partial charge in [-0.1, -0.05) is 48.9 Å². The van der Waals surface area contributed by atoms with E-state index in [2.05, 4.69) is 5.32 Å². The van der Waals surface area contributed by atoms with Gasteiger partial charge in [-0.25, -0.2) is 12.8 Å². The second kappa shape index (κ2) is 13.2. The summed E-state index contributed by atoms with van der Waals surface area (Å²) in [7, 11) is -2.80. The van der Waals surface area contributed by atoms with Gasteiger partial charge in [0.2, 0.25) is 11.8 Å². The number of carbonyl (C=O) groups excluding carboxylic acids is 2. The molecule has 3 aromatic rings. The summed E-state index contributed by atoms with van der Waals surface area (Å²) in [5.41, 5.74) is 1.30. The molecule has 10 heteroatoms. The van der Waals surface area contributed by atoms with Crippen molar-refractivity contribution < 1.29 is 27.1 Å². The standard InChI is InChI=1S/C29H34FN3O5S/c1-5-26(29(35)31-6-2)32(19-22-13-15-23(38-4)16-14-22)28(34)20-33(27-10-8-7-9-25(27)30)39(36,37)24-17-11-21(3)12-18-24/h7-18,26H,5-6,19-20H2,1-4H3,(H,31,35)/t26-/m1/s1. The molecule has 1 atom stereocenters. The molecule has 0 aliphatic rings. The average molecular weight is 556 g/mol. The van der Waals surface area contributed by atoms with E-state index in [4.69, 9.17) is 4.74 Å². The van der Waals surface area contributed by atoms with E-state index < -0.39 is 34.3 Å². The number of halogens is 1. The SMILES string of the molecule is CCNC(=O)[C@@H](CC)N(Cc1ccc(OC)cc1)C(=O)CN(c1ccccc1F)S(=O)(=O)c1ccc(C)cc1. The number of nitrogens with one attached hydrogen (secondary N) is 1. The number of carbonyl (C=O) groups is 2. The van der Waals surface area contributed by atoms with Gasteiger partial charge in [-0.3, -0.25) is 13.9 Å². The molecular weight excluding hydrogens is 521 g/mol. The molecule has 1 N–H and O–H groups in total. The number of anilines is 1. The average Bonchev–Trinajstić information content (AvgIpc) is 2.92. The highest BCUT2D eigenvalue weighted by Gasteiger charge is 2.34. The van der Waals surface area contributed by atoms with E-state index in [1.54, 1.807) is 57.4 Å². The molecule has 0 aliphatic heterocycles. The van der Waals surface area contributed by atoms with Gasteiger partial charge in [-0.2, -0.15) is 0 Å². The number of aryl methyl sites for hydroxylation is 1. The molecule has 0 aromatic heterocycles. The number of methoxy groups -OCH3 is 1. The fraction of sp³-hybridized carbons (Fsp3) is 0.310. The summed E-state index contributed by atoms with van der Waals surface area (Å²) in [5.74, 6) is -1.18. The minimum absolute atomic E-state index is 0.0359. The zero-order valence-electron chi connectivity index (χ0n) is 22.6. The maximum Gasteiger partial charge on any atom is 0.264 e. The third-order valence-electron chi connectivity index (χ3n) is 6.26. The van der Waals surface area contributed by atoms with E-state index in [0.717, 1.165) is 15.9 Å². The van der Waals surface area contributed by atoms with Crippen LogP contribution in [0.4, 0.5) is 10.1 Å². The highest BCUT2D eigenvalue weighted by molar-refractivity contribution is 7.92. The lowest BCUT2D eigenvalue weighted by Crippen LogP contribution is -2.52. The number of hydrogen-bond donors (Lipinski definition) is 1. The topological polar surface area (TPSA) is 96.0 Å². The van der Waals surface area contributed by atoms with Crippen molar-refractivity contribution in [2.45, 2.75) is 44.7 Å². The number of benzene rings is 3. The number of ether oxygens (including phenoxy) is 1. The van der Waals surface area contributed by atoms with Crippen molar-refractivity contribution in [1.29, 1.82) is 0 Å². The second-order valence-electron chi connectivity index (χ2n) is 8.96. The number of likely N-dealkylation sites (N-methyl/N-ethyl adjacent to an activating group) is 1. The summed E-state index contributed by atoms with van der Waals surface area (Å²) < 4.78 is 48.4. The van der Waals surface area contributed by atoms with Gasteiger partial charge in [0.1, 0.15) is 24.2 Å². The maximum atomic E-state index is 15.0. The summed E-state index contributed by atoms with van der Waals surface area (Å²) in [6.07, 6.45) is 0.290. The summed E-state index contributed by atoms with van der Waals surface area (Å²) in [6, 6.07) is 17.6. The van der Waals surface area contributed by atoms with Crippen LogP contribution in [-0.2, 0) is 26.2 Å². The molecule has 0 fully saturated rings. The molecule has 0 heterocycles. The molecule has 39 heavy (non-hydrogen) atoms. The van der Waals surface area contributed by atoms with Crippen LogP contribution in [0.1, 0.15) is 31.4 Å². The van der Waals surface area contributed by atoms with Crippen molar-refractivity contribution in [2.75, 3.05) is 24.5 Å². The minimum atomic E-state index is -4.34. The van der Waals surface area contributed by atoms with Crippen LogP contribution in [0.5, 0.6) is 5.75 Å². The van der Waals surface area contributed by atoms with E-state index in [1.165, 1.54) is 35.2 Å². The van der Waals surface area contributed by atoms with Crippen molar-refractivity contribution in [2.24, 2.45) is 0 Å². The van der Waals surface area contributed by atoms with Crippen LogP contribution in [0.2, 0.25) is 0 Å². The molecule has 0 saturated carbocycles. The number of rotatable bonds is 12. The molecule has 0 radical (unpaired) electrons. The first-order valence-corrected chi connectivity index (χ1v) is 14.1. The van der Waals surface area contributed by atoms with E-state index in [9.17, 15) is 22.4 Å². The van der Waals surface area contributed by atoms with Crippen LogP contribution in [0.3, 0.4) is 0 Å². The van der Waals surface area contributed by atoms with Crippen molar-refractivity contribution in [3.8, 4) is 5.75 Å². The quantitative estimate of drug-likeness (QED) is 0.360. The van der Waals surface area contributed by atoms with Crippen molar-refractivity contribution in [3.05, 3.63) is 89.7 Å². The second-order valence-corrected chi connectivity index (χ2v) is 10.8. The first-order valence-electron chi connectivity index (χ1n) is 12.7. The van der Waals surface area contributed by atoms with Crippen LogP contribution in [0.15, 0.2) is 77.7 Å². The van der Waals surface area contributed by atoms with Gasteiger partial charge in [-0.15, -0.1) is 0 Å². The Labute approximate surface area is 229 Å². The molecule has 3 aromatic carbocycles. The van der Waals surface area contributed by atoms with Gasteiger partial charge in [0.15, 0.2) is 0 Å². The Morgan fingerprint density at radius 1 is 0.974 bits per heavy atom. The van der Waals surface area contributed by atoms with Gasteiger partial charge in [0.05, 0.1) is 17.7 Å². The Morgan fingerprint density at radius 3 is 2.18 bits per heavy atom. The van der Waals surface area contributed by atoms with E-state index in [-0.39, 0.29) is 29.5 Å². The van der Waals surface area contributed by atoms with Crippen molar-refractivity contribution in [1.82, 2.24) is 10.2 Å². The normalized spacial score (nSPS) is 11.9. The molecule has 0 bridgehead atoms. The highest BCUT2D eigenvalue weighted by Crippen LogP contribution is 2.27. The number of amides is 2. The van der Waals surface area contributed by atoms with Gasteiger partial charge >= 0.3 is 0 Å². The molecule has 8 nitrogen and oxygen atoms in total. The monoisotopic (exact) mass is 555 g/mol. The molecule has 0 unspecified atom stereocenters. The zero-order valence-corrected chi connectivity index (χ0v) is 23.4. The number of sulfonamides is 1. The Kier molecular flexibility index (Phi) is 10.1. The highest BCUT2D eigenvalue weighted by atomic mass is 32.2. The molecule has 3 rings (SSSR count). The molecule has 0 aliphatic carbocycles. The number of para-hydroxylation sites is 1. The van der Waals surface area contributed by atoms with E-state index >= 15 is 0 Å². The first-order chi connectivity index (χ1) is 18.6. The Hall–Kier alpha value is -3.92. The smallest absolute Gasteiger partial charge is 0.264 e. The van der Waals surface area contributed by atoms with Gasteiger partial charge in [-0.05, 0) is 62.2 Å². The van der Waals surface area contributed by atoms with Gasteiger partial charge < -0.3 is 15.0 Å². The van der Waals surface area contributed by atoms with Crippen LogP contribution in [0, 0.1) is 12.7 Å². The van der Waals surface area contributed by atoms with E-state index in [0.29, 0.717) is 17.9 Å². The Morgan fingerprint density at radius 2 is 1.62 bits per heavy atom. The molecule has 208 valence electrons. The van der Waals surface area contributed by atoms with Crippen molar-refractivity contribution >= 4 is 27.5 Å². The molecule has 0 saturated heterocycles. The largest absolute Gasteiger partial charge is 0.497 e. The van der Waals surface area contributed by atoms with Crippen molar-refractivity contribution in [3.63, 3.8) is 0 Å². The lowest BCUT2D eigenvalue weighted by atomic mass is 10.1. The van der Waals surface area contributed by atoms with E-state index in [1.807, 2.05) is 6.92 Å². The minimum Gasteiger partial charge on any atom is -0.497 e. The molecule has 2 amide bonds. The van der Waals surface area contributed by atoms with Gasteiger partial charge in [0, 0.05) is 13.1 Å². The predicted octanol–water partition coefficient (Wildman–Crippen LogP) is 4.28. The van der Waals surface area contributed by atoms with Crippen LogP contribution in [0.25, 0.3) is 0 Å². The van der Waals surface area contributed by atoms with Gasteiger partial charge in [0.25, 0.3) is 10.0 Å². The lowest BCUT2D eigenvalue weighted by Gasteiger charge is -2.33. The summed E-state index contributed by atoms with van der Waals surface area (Å²) in [6.45, 7) is 5.05. The summed E-state index contributed by atoms with van der Waals surface area (Å²) >= 11 is 0.